The molecule has 3 aromatic carbocycles. The van der Waals surface area contributed by atoms with Gasteiger partial charge in [0.1, 0.15) is 0 Å². The van der Waals surface area contributed by atoms with Crippen LogP contribution in [0.15, 0.2) is 82.8 Å². The first kappa shape index (κ1) is 18.6. The van der Waals surface area contributed by atoms with Crippen LogP contribution in [0.3, 0.4) is 0 Å². The first-order valence-corrected chi connectivity index (χ1v) is 8.23. The fourth-order valence-electron chi connectivity index (χ4n) is 3.04. The van der Waals surface area contributed by atoms with Gasteiger partial charge in [-0.2, -0.15) is 9.98 Å². The van der Waals surface area contributed by atoms with Gasteiger partial charge in [-0.05, 0) is 35.4 Å². The Labute approximate surface area is 159 Å². The summed E-state index contributed by atoms with van der Waals surface area (Å²) in [6.45, 7) is 0. The SMILES string of the molecule is O=C=Nc1ccc(C(c2ccc(N=C=O)cc2)c2ccccc2[N+](=O)[O-])cc1. The Morgan fingerprint density at radius 1 is 0.750 bits per heavy atom. The van der Waals surface area contributed by atoms with Crippen molar-refractivity contribution in [3.05, 3.63) is 99.6 Å². The number of benzene rings is 3. The van der Waals surface area contributed by atoms with Crippen LogP contribution in [0.1, 0.15) is 22.6 Å². The minimum atomic E-state index is -0.440. The molecule has 0 N–H and O–H groups in total. The van der Waals surface area contributed by atoms with Gasteiger partial charge in [-0.25, -0.2) is 9.59 Å². The molecule has 0 heterocycles. The van der Waals surface area contributed by atoms with E-state index in [1.807, 2.05) is 0 Å². The largest absolute Gasteiger partial charge is 0.273 e. The highest BCUT2D eigenvalue weighted by molar-refractivity contribution is 5.57. The average Bonchev–Trinajstić information content (AvgIpc) is 2.71. The van der Waals surface area contributed by atoms with E-state index in [0.717, 1.165) is 11.1 Å². The van der Waals surface area contributed by atoms with Gasteiger partial charge in [0.2, 0.25) is 12.2 Å². The molecule has 0 unspecified atom stereocenters. The minimum Gasteiger partial charge on any atom is -0.258 e. The van der Waals surface area contributed by atoms with Crippen molar-refractivity contribution >= 4 is 29.2 Å². The summed E-state index contributed by atoms with van der Waals surface area (Å²) in [5.74, 6) is -0.440. The molecule has 0 bridgehead atoms. The number of nitro benzene ring substituents is 1. The van der Waals surface area contributed by atoms with Crippen molar-refractivity contribution in [2.75, 3.05) is 0 Å². The Balaban J connectivity index is 2.17. The summed E-state index contributed by atoms with van der Waals surface area (Å²) in [6.07, 6.45) is 2.96. The molecule has 136 valence electrons. The van der Waals surface area contributed by atoms with Gasteiger partial charge >= 0.3 is 0 Å². The molecule has 28 heavy (non-hydrogen) atoms. The predicted octanol–water partition coefficient (Wildman–Crippen LogP) is 4.71. The zero-order valence-electron chi connectivity index (χ0n) is 14.5. The third-order valence-electron chi connectivity index (χ3n) is 4.25. The number of rotatable bonds is 6. The molecule has 0 radical (unpaired) electrons. The number of para-hydroxylation sites is 1. The number of nitrogens with zero attached hydrogens (tertiary/aromatic N) is 3. The number of hydrogen-bond acceptors (Lipinski definition) is 6. The predicted molar refractivity (Wildman–Crippen MR) is 102 cm³/mol. The van der Waals surface area contributed by atoms with Crippen molar-refractivity contribution in [2.45, 2.75) is 5.92 Å². The zero-order chi connectivity index (χ0) is 19.9. The van der Waals surface area contributed by atoms with E-state index in [0.29, 0.717) is 16.9 Å². The molecule has 0 saturated carbocycles. The summed E-state index contributed by atoms with van der Waals surface area (Å²) >= 11 is 0. The Morgan fingerprint density at radius 3 is 1.64 bits per heavy atom. The summed E-state index contributed by atoms with van der Waals surface area (Å²) in [4.78, 5) is 39.2. The maximum Gasteiger partial charge on any atom is 0.273 e. The standard InChI is InChI=1S/C21H13N3O4/c25-13-22-17-9-5-15(6-10-17)21(16-7-11-18(12-8-16)23-14-26)19-3-1-2-4-20(19)24(27)28/h1-12,21H. The van der Waals surface area contributed by atoms with E-state index in [1.165, 1.54) is 18.2 Å². The highest BCUT2D eigenvalue weighted by Gasteiger charge is 2.24. The van der Waals surface area contributed by atoms with Gasteiger partial charge in [-0.1, -0.05) is 42.5 Å². The summed E-state index contributed by atoms with van der Waals surface area (Å²) in [7, 11) is 0. The molecule has 0 aliphatic heterocycles. The summed E-state index contributed by atoms with van der Waals surface area (Å²) < 4.78 is 0. The van der Waals surface area contributed by atoms with Crippen molar-refractivity contribution in [2.24, 2.45) is 9.98 Å². The number of isocyanates is 2. The number of hydrogen-bond donors (Lipinski definition) is 0. The van der Waals surface area contributed by atoms with E-state index >= 15 is 0 Å². The van der Waals surface area contributed by atoms with Crippen LogP contribution in [0.25, 0.3) is 0 Å². The monoisotopic (exact) mass is 371 g/mol. The number of carbonyl (C=O) groups excluding carboxylic acids is 2. The molecule has 0 aliphatic carbocycles. The van der Waals surface area contributed by atoms with Crippen LogP contribution in [0.5, 0.6) is 0 Å². The lowest BCUT2D eigenvalue weighted by Gasteiger charge is -2.19. The quantitative estimate of drug-likeness (QED) is 0.206. The van der Waals surface area contributed by atoms with Gasteiger partial charge in [0.05, 0.1) is 16.3 Å². The van der Waals surface area contributed by atoms with E-state index in [1.54, 1.807) is 66.7 Å². The lowest BCUT2D eigenvalue weighted by Crippen LogP contribution is -2.06. The molecule has 7 heteroatoms. The van der Waals surface area contributed by atoms with Crippen LogP contribution in [0, 0.1) is 10.1 Å². The van der Waals surface area contributed by atoms with E-state index in [2.05, 4.69) is 9.98 Å². The van der Waals surface area contributed by atoms with Crippen molar-refractivity contribution < 1.29 is 14.5 Å². The van der Waals surface area contributed by atoms with Crippen LogP contribution < -0.4 is 0 Å². The van der Waals surface area contributed by atoms with Gasteiger partial charge in [-0.3, -0.25) is 10.1 Å². The Hall–Kier alpha value is -4.18. The van der Waals surface area contributed by atoms with Crippen LogP contribution >= 0.6 is 0 Å². The second kappa shape index (κ2) is 8.47. The minimum absolute atomic E-state index is 0.00234. The fourth-order valence-corrected chi connectivity index (χ4v) is 3.04. The molecule has 3 rings (SSSR count). The highest BCUT2D eigenvalue weighted by Crippen LogP contribution is 2.38. The molecule has 0 aromatic heterocycles. The third-order valence-corrected chi connectivity index (χ3v) is 4.25. The third kappa shape index (κ3) is 3.97. The van der Waals surface area contributed by atoms with Gasteiger partial charge in [0.15, 0.2) is 0 Å². The van der Waals surface area contributed by atoms with Gasteiger partial charge in [0.25, 0.3) is 5.69 Å². The lowest BCUT2D eigenvalue weighted by molar-refractivity contribution is -0.385. The Kier molecular flexibility index (Phi) is 5.63. The van der Waals surface area contributed by atoms with Gasteiger partial charge in [-0.15, -0.1) is 0 Å². The van der Waals surface area contributed by atoms with E-state index in [9.17, 15) is 19.7 Å². The first-order chi connectivity index (χ1) is 13.6. The van der Waals surface area contributed by atoms with Crippen LogP contribution in [-0.2, 0) is 9.59 Å². The Morgan fingerprint density at radius 2 is 1.21 bits per heavy atom. The molecule has 3 aromatic rings. The van der Waals surface area contributed by atoms with E-state index in [-0.39, 0.29) is 5.69 Å². The smallest absolute Gasteiger partial charge is 0.258 e. The second-order valence-corrected chi connectivity index (χ2v) is 5.84. The summed E-state index contributed by atoms with van der Waals surface area (Å²) in [5, 5.41) is 11.6. The molecule has 0 aliphatic rings. The van der Waals surface area contributed by atoms with E-state index in [4.69, 9.17) is 0 Å². The molecule has 0 atom stereocenters. The molecule has 0 saturated heterocycles. The maximum absolute atomic E-state index is 11.6. The highest BCUT2D eigenvalue weighted by atomic mass is 16.6. The zero-order valence-corrected chi connectivity index (χ0v) is 14.5. The van der Waals surface area contributed by atoms with Crippen LogP contribution in [0.2, 0.25) is 0 Å². The van der Waals surface area contributed by atoms with E-state index < -0.39 is 10.8 Å². The maximum atomic E-state index is 11.6. The van der Waals surface area contributed by atoms with Crippen molar-refractivity contribution in [3.8, 4) is 0 Å². The van der Waals surface area contributed by atoms with Crippen molar-refractivity contribution in [1.29, 1.82) is 0 Å². The summed E-state index contributed by atoms with van der Waals surface area (Å²) in [5.41, 5.74) is 2.96. The fraction of sp³-hybridized carbons (Fsp3) is 0.0476. The number of nitro groups is 1. The molecule has 7 nitrogen and oxygen atoms in total. The topological polar surface area (TPSA) is 102 Å². The summed E-state index contributed by atoms with van der Waals surface area (Å²) in [6, 6.07) is 20.1. The molecular weight excluding hydrogens is 358 g/mol. The first-order valence-electron chi connectivity index (χ1n) is 8.23. The van der Waals surface area contributed by atoms with Gasteiger partial charge in [0, 0.05) is 17.5 Å². The lowest BCUT2D eigenvalue weighted by atomic mass is 9.84. The molecule has 0 fully saturated rings. The van der Waals surface area contributed by atoms with Crippen molar-refractivity contribution in [1.82, 2.24) is 0 Å². The van der Waals surface area contributed by atoms with Gasteiger partial charge < -0.3 is 0 Å². The van der Waals surface area contributed by atoms with Crippen LogP contribution in [-0.4, -0.2) is 17.1 Å². The second-order valence-electron chi connectivity index (χ2n) is 5.84. The molecular formula is C21H13N3O4. The number of aliphatic imine (C=N–C) groups is 2. The van der Waals surface area contributed by atoms with Crippen LogP contribution in [0.4, 0.5) is 17.1 Å². The molecule has 0 spiro atoms. The van der Waals surface area contributed by atoms with Crippen molar-refractivity contribution in [3.63, 3.8) is 0 Å². The average molecular weight is 371 g/mol. The Bertz CT molecular complexity index is 1030. The normalized spacial score (nSPS) is 11.0. The molecule has 0 amide bonds.